The summed E-state index contributed by atoms with van der Waals surface area (Å²) in [6.07, 6.45) is 8.25. The second-order valence-corrected chi connectivity index (χ2v) is 8.36. The van der Waals surface area contributed by atoms with E-state index >= 15 is 0 Å². The molecule has 0 saturated heterocycles. The summed E-state index contributed by atoms with van der Waals surface area (Å²) in [7, 11) is 0. The Balaban J connectivity index is 1.46. The number of hydrogen-bond acceptors (Lipinski definition) is 2. The van der Waals surface area contributed by atoms with Crippen molar-refractivity contribution < 1.29 is 0 Å². The largest absolute Gasteiger partial charge is 0.381 e. The van der Waals surface area contributed by atoms with E-state index in [1.165, 1.54) is 61.0 Å². The van der Waals surface area contributed by atoms with Crippen molar-refractivity contribution in [1.82, 2.24) is 5.32 Å². The molecule has 1 fully saturated rings. The lowest BCUT2D eigenvalue weighted by molar-refractivity contribution is 0.343. The number of anilines is 1. The Morgan fingerprint density at radius 2 is 1.59 bits per heavy atom. The van der Waals surface area contributed by atoms with E-state index in [1.807, 2.05) is 0 Å². The topological polar surface area (TPSA) is 24.1 Å². The fourth-order valence-corrected chi connectivity index (χ4v) is 4.08. The molecule has 0 spiro atoms. The van der Waals surface area contributed by atoms with Gasteiger partial charge in [0.1, 0.15) is 0 Å². The standard InChI is InChI=1S/C25H36N2/c1-20(2)22-12-14-25(15-13-22)27-19-24-11-7-6-10-23(24)16-17-26-18-21-8-4-3-5-9-21/h6-7,10-15,20-21,26-27H,3-5,8-9,16-19H2,1-2H3. The van der Waals surface area contributed by atoms with Crippen molar-refractivity contribution in [3.8, 4) is 0 Å². The highest BCUT2D eigenvalue weighted by Crippen LogP contribution is 2.23. The number of hydrogen-bond donors (Lipinski definition) is 2. The van der Waals surface area contributed by atoms with E-state index in [-0.39, 0.29) is 0 Å². The molecule has 0 aromatic heterocycles. The Hall–Kier alpha value is -1.80. The van der Waals surface area contributed by atoms with Crippen LogP contribution in [0.3, 0.4) is 0 Å². The molecule has 0 bridgehead atoms. The molecule has 0 unspecified atom stereocenters. The van der Waals surface area contributed by atoms with Crippen molar-refractivity contribution in [2.75, 3.05) is 18.4 Å². The van der Waals surface area contributed by atoms with Gasteiger partial charge >= 0.3 is 0 Å². The van der Waals surface area contributed by atoms with Crippen LogP contribution in [0.1, 0.15) is 68.6 Å². The molecule has 0 amide bonds. The van der Waals surface area contributed by atoms with E-state index in [0.717, 1.165) is 25.4 Å². The molecule has 27 heavy (non-hydrogen) atoms. The summed E-state index contributed by atoms with van der Waals surface area (Å²) in [5, 5.41) is 7.29. The Morgan fingerprint density at radius 3 is 2.30 bits per heavy atom. The summed E-state index contributed by atoms with van der Waals surface area (Å²) in [6.45, 7) is 7.64. The van der Waals surface area contributed by atoms with Gasteiger partial charge in [-0.15, -0.1) is 0 Å². The quantitative estimate of drug-likeness (QED) is 0.523. The van der Waals surface area contributed by atoms with E-state index in [4.69, 9.17) is 0 Å². The van der Waals surface area contributed by atoms with Crippen LogP contribution >= 0.6 is 0 Å². The zero-order chi connectivity index (χ0) is 18.9. The van der Waals surface area contributed by atoms with Crippen LogP contribution in [0, 0.1) is 5.92 Å². The Kier molecular flexibility index (Phi) is 7.77. The molecule has 2 aromatic rings. The Bertz CT molecular complexity index is 669. The van der Waals surface area contributed by atoms with Crippen LogP contribution in [0.15, 0.2) is 48.5 Å². The van der Waals surface area contributed by atoms with Crippen LogP contribution < -0.4 is 10.6 Å². The first-order valence-corrected chi connectivity index (χ1v) is 10.8. The van der Waals surface area contributed by atoms with Crippen LogP contribution in [-0.4, -0.2) is 13.1 Å². The molecule has 0 atom stereocenters. The van der Waals surface area contributed by atoms with Crippen LogP contribution in [0.25, 0.3) is 0 Å². The first kappa shape index (κ1) is 19.9. The number of rotatable bonds is 9. The molecular formula is C25H36N2. The van der Waals surface area contributed by atoms with Crippen LogP contribution in [0.5, 0.6) is 0 Å². The van der Waals surface area contributed by atoms with Gasteiger partial charge in [0.2, 0.25) is 0 Å². The summed E-state index contributed by atoms with van der Waals surface area (Å²) in [4.78, 5) is 0. The summed E-state index contributed by atoms with van der Waals surface area (Å²) in [5.41, 5.74) is 5.46. The highest BCUT2D eigenvalue weighted by molar-refractivity contribution is 5.46. The summed E-state index contributed by atoms with van der Waals surface area (Å²) >= 11 is 0. The van der Waals surface area contributed by atoms with Gasteiger partial charge in [-0.2, -0.15) is 0 Å². The molecule has 0 heterocycles. The highest BCUT2D eigenvalue weighted by atomic mass is 14.9. The second kappa shape index (κ2) is 10.5. The fourth-order valence-electron chi connectivity index (χ4n) is 4.08. The molecule has 0 aliphatic heterocycles. The summed E-state index contributed by atoms with van der Waals surface area (Å²) in [6, 6.07) is 17.7. The molecular weight excluding hydrogens is 328 g/mol. The lowest BCUT2D eigenvalue weighted by atomic mass is 9.89. The third kappa shape index (κ3) is 6.39. The van der Waals surface area contributed by atoms with E-state index < -0.39 is 0 Å². The molecule has 3 rings (SSSR count). The molecule has 2 nitrogen and oxygen atoms in total. The monoisotopic (exact) mass is 364 g/mol. The lowest BCUT2D eigenvalue weighted by Crippen LogP contribution is -2.26. The molecule has 1 aliphatic carbocycles. The minimum atomic E-state index is 0.584. The smallest absolute Gasteiger partial charge is 0.0403 e. The van der Waals surface area contributed by atoms with E-state index in [0.29, 0.717) is 5.92 Å². The zero-order valence-electron chi connectivity index (χ0n) is 17.1. The molecule has 2 N–H and O–H groups in total. The van der Waals surface area contributed by atoms with Crippen molar-refractivity contribution in [3.63, 3.8) is 0 Å². The van der Waals surface area contributed by atoms with Crippen molar-refractivity contribution in [2.24, 2.45) is 5.92 Å². The van der Waals surface area contributed by atoms with E-state index in [9.17, 15) is 0 Å². The maximum absolute atomic E-state index is 3.70. The van der Waals surface area contributed by atoms with Gasteiger partial charge in [-0.05, 0) is 73.0 Å². The number of benzene rings is 2. The van der Waals surface area contributed by atoms with Gasteiger partial charge in [-0.3, -0.25) is 0 Å². The van der Waals surface area contributed by atoms with Gasteiger partial charge in [-0.1, -0.05) is 69.5 Å². The predicted molar refractivity (Wildman–Crippen MR) is 117 cm³/mol. The van der Waals surface area contributed by atoms with Gasteiger partial charge in [-0.25, -0.2) is 0 Å². The molecule has 146 valence electrons. The molecule has 2 heteroatoms. The molecule has 1 saturated carbocycles. The second-order valence-electron chi connectivity index (χ2n) is 8.36. The summed E-state index contributed by atoms with van der Waals surface area (Å²) < 4.78 is 0. The fraction of sp³-hybridized carbons (Fsp3) is 0.520. The van der Waals surface area contributed by atoms with Crippen LogP contribution in [-0.2, 0) is 13.0 Å². The van der Waals surface area contributed by atoms with Crippen LogP contribution in [0.4, 0.5) is 5.69 Å². The normalized spacial score (nSPS) is 15.2. The van der Waals surface area contributed by atoms with Crippen molar-refractivity contribution in [2.45, 2.75) is 64.8 Å². The van der Waals surface area contributed by atoms with Gasteiger partial charge in [0.25, 0.3) is 0 Å². The average Bonchev–Trinajstić information content (AvgIpc) is 2.71. The Morgan fingerprint density at radius 1 is 0.889 bits per heavy atom. The van der Waals surface area contributed by atoms with Crippen molar-refractivity contribution in [1.29, 1.82) is 0 Å². The third-order valence-electron chi connectivity index (χ3n) is 5.91. The average molecular weight is 365 g/mol. The first-order chi connectivity index (χ1) is 13.2. The SMILES string of the molecule is CC(C)c1ccc(NCc2ccccc2CCNCC2CCCCC2)cc1. The van der Waals surface area contributed by atoms with Gasteiger partial charge in [0, 0.05) is 12.2 Å². The highest BCUT2D eigenvalue weighted by Gasteiger charge is 2.12. The Labute approximate surface area is 165 Å². The van der Waals surface area contributed by atoms with Gasteiger partial charge in [0.05, 0.1) is 0 Å². The van der Waals surface area contributed by atoms with E-state index in [1.54, 1.807) is 0 Å². The minimum Gasteiger partial charge on any atom is -0.381 e. The van der Waals surface area contributed by atoms with E-state index in [2.05, 4.69) is 73.0 Å². The van der Waals surface area contributed by atoms with Crippen molar-refractivity contribution >= 4 is 5.69 Å². The summed E-state index contributed by atoms with van der Waals surface area (Å²) in [5.74, 6) is 1.49. The molecule has 1 aliphatic rings. The molecule has 2 aromatic carbocycles. The lowest BCUT2D eigenvalue weighted by Gasteiger charge is -2.22. The maximum atomic E-state index is 3.70. The van der Waals surface area contributed by atoms with Crippen molar-refractivity contribution in [3.05, 3.63) is 65.2 Å². The zero-order valence-corrected chi connectivity index (χ0v) is 17.1. The maximum Gasteiger partial charge on any atom is 0.0403 e. The third-order valence-corrected chi connectivity index (χ3v) is 5.91. The predicted octanol–water partition coefficient (Wildman–Crippen LogP) is 6.13. The van der Waals surface area contributed by atoms with Gasteiger partial charge in [0.15, 0.2) is 0 Å². The van der Waals surface area contributed by atoms with Crippen LogP contribution in [0.2, 0.25) is 0 Å². The molecule has 0 radical (unpaired) electrons. The first-order valence-electron chi connectivity index (χ1n) is 10.8. The number of nitrogens with one attached hydrogen (secondary N) is 2. The minimum absolute atomic E-state index is 0.584. The van der Waals surface area contributed by atoms with Gasteiger partial charge < -0.3 is 10.6 Å².